The Bertz CT molecular complexity index is 262. The summed E-state index contributed by atoms with van der Waals surface area (Å²) < 4.78 is 5.62. The quantitative estimate of drug-likeness (QED) is 0.778. The van der Waals surface area contributed by atoms with Crippen LogP contribution in [0.15, 0.2) is 24.5 Å². The second-order valence-electron chi connectivity index (χ2n) is 3.78. The molecule has 0 bridgehead atoms. The van der Waals surface area contributed by atoms with Gasteiger partial charge in [-0.3, -0.25) is 4.98 Å². The van der Waals surface area contributed by atoms with Gasteiger partial charge in [-0.05, 0) is 32.0 Å². The van der Waals surface area contributed by atoms with E-state index in [2.05, 4.69) is 23.3 Å². The van der Waals surface area contributed by atoms with Crippen molar-refractivity contribution in [2.24, 2.45) is 0 Å². The van der Waals surface area contributed by atoms with Gasteiger partial charge < -0.3 is 10.1 Å². The molecule has 0 aliphatic rings. The summed E-state index contributed by atoms with van der Waals surface area (Å²) in [5.41, 5.74) is 1.18. The number of hydrogen-bond donors (Lipinski definition) is 1. The van der Waals surface area contributed by atoms with Gasteiger partial charge in [0.25, 0.3) is 0 Å². The number of nitrogens with one attached hydrogen (secondary N) is 1. The van der Waals surface area contributed by atoms with Crippen LogP contribution in [0.25, 0.3) is 0 Å². The van der Waals surface area contributed by atoms with E-state index in [0.717, 1.165) is 6.54 Å². The van der Waals surface area contributed by atoms with E-state index < -0.39 is 0 Å². The van der Waals surface area contributed by atoms with E-state index in [1.807, 2.05) is 26.1 Å². The predicted octanol–water partition coefficient (Wildman–Crippen LogP) is 2.16. The fraction of sp³-hybridized carbons (Fsp3) is 0.583. The van der Waals surface area contributed by atoms with E-state index in [0.29, 0.717) is 6.61 Å². The third-order valence-corrected chi connectivity index (χ3v) is 2.13. The summed E-state index contributed by atoms with van der Waals surface area (Å²) in [6.07, 6.45) is 3.94. The van der Waals surface area contributed by atoms with Crippen LogP contribution in [0.1, 0.15) is 32.4 Å². The van der Waals surface area contributed by atoms with E-state index in [4.69, 9.17) is 4.74 Å². The van der Waals surface area contributed by atoms with Crippen molar-refractivity contribution in [3.8, 4) is 0 Å². The van der Waals surface area contributed by atoms with Crippen molar-refractivity contribution < 1.29 is 4.74 Å². The van der Waals surface area contributed by atoms with Gasteiger partial charge in [0.2, 0.25) is 0 Å². The molecule has 1 N–H and O–H groups in total. The predicted molar refractivity (Wildman–Crippen MR) is 61.7 cm³/mol. The number of likely N-dealkylation sites (N-methyl/N-ethyl adjacent to an activating group) is 1. The fourth-order valence-corrected chi connectivity index (χ4v) is 1.39. The third kappa shape index (κ3) is 4.40. The lowest BCUT2D eigenvalue weighted by molar-refractivity contribution is 0.0613. The molecule has 1 atom stereocenters. The van der Waals surface area contributed by atoms with Crippen LogP contribution in [-0.4, -0.2) is 24.2 Å². The minimum atomic E-state index is 0.242. The SMILES string of the molecule is CCNC(COC(C)C)c1cccnc1. The summed E-state index contributed by atoms with van der Waals surface area (Å²) >= 11 is 0. The lowest BCUT2D eigenvalue weighted by Gasteiger charge is -2.19. The zero-order valence-electron chi connectivity index (χ0n) is 9.73. The molecule has 15 heavy (non-hydrogen) atoms. The average molecular weight is 208 g/mol. The van der Waals surface area contributed by atoms with Crippen LogP contribution in [0.4, 0.5) is 0 Å². The zero-order chi connectivity index (χ0) is 11.1. The molecule has 3 nitrogen and oxygen atoms in total. The minimum Gasteiger partial charge on any atom is -0.377 e. The van der Waals surface area contributed by atoms with Gasteiger partial charge in [-0.25, -0.2) is 0 Å². The number of rotatable bonds is 6. The summed E-state index contributed by atoms with van der Waals surface area (Å²) in [7, 11) is 0. The van der Waals surface area contributed by atoms with E-state index in [1.165, 1.54) is 5.56 Å². The highest BCUT2D eigenvalue weighted by Gasteiger charge is 2.10. The monoisotopic (exact) mass is 208 g/mol. The maximum absolute atomic E-state index is 5.62. The summed E-state index contributed by atoms with van der Waals surface area (Å²) in [5, 5.41) is 3.39. The van der Waals surface area contributed by atoms with Crippen molar-refractivity contribution in [3.05, 3.63) is 30.1 Å². The van der Waals surface area contributed by atoms with Crippen molar-refractivity contribution >= 4 is 0 Å². The maximum atomic E-state index is 5.62. The van der Waals surface area contributed by atoms with Gasteiger partial charge in [0.15, 0.2) is 0 Å². The van der Waals surface area contributed by atoms with Crippen molar-refractivity contribution in [3.63, 3.8) is 0 Å². The normalized spacial score (nSPS) is 13.1. The average Bonchev–Trinajstić information content (AvgIpc) is 2.25. The van der Waals surface area contributed by atoms with Gasteiger partial charge in [-0.15, -0.1) is 0 Å². The summed E-state index contributed by atoms with van der Waals surface area (Å²) in [6.45, 7) is 7.81. The van der Waals surface area contributed by atoms with Gasteiger partial charge in [0, 0.05) is 12.4 Å². The molecule has 1 aromatic rings. The molecule has 0 fully saturated rings. The smallest absolute Gasteiger partial charge is 0.0665 e. The molecule has 0 saturated carbocycles. The van der Waals surface area contributed by atoms with Crippen LogP contribution in [-0.2, 0) is 4.74 Å². The Hall–Kier alpha value is -0.930. The van der Waals surface area contributed by atoms with E-state index in [-0.39, 0.29) is 12.1 Å². The molecule has 0 aromatic carbocycles. The van der Waals surface area contributed by atoms with E-state index in [9.17, 15) is 0 Å². The Morgan fingerprint density at radius 3 is 2.80 bits per heavy atom. The largest absolute Gasteiger partial charge is 0.377 e. The summed E-state index contributed by atoms with van der Waals surface area (Å²) in [4.78, 5) is 4.12. The van der Waals surface area contributed by atoms with Gasteiger partial charge in [-0.2, -0.15) is 0 Å². The van der Waals surface area contributed by atoms with E-state index >= 15 is 0 Å². The zero-order valence-corrected chi connectivity index (χ0v) is 9.73. The molecule has 1 heterocycles. The first kappa shape index (κ1) is 12.1. The highest BCUT2D eigenvalue weighted by molar-refractivity contribution is 5.13. The first-order valence-electron chi connectivity index (χ1n) is 5.49. The molecular formula is C12H20N2O. The molecule has 84 valence electrons. The third-order valence-electron chi connectivity index (χ3n) is 2.13. The molecule has 0 aliphatic carbocycles. The topological polar surface area (TPSA) is 34.1 Å². The fourth-order valence-electron chi connectivity index (χ4n) is 1.39. The molecule has 0 aliphatic heterocycles. The van der Waals surface area contributed by atoms with Crippen molar-refractivity contribution in [2.45, 2.75) is 32.9 Å². The Labute approximate surface area is 91.9 Å². The van der Waals surface area contributed by atoms with Gasteiger partial charge in [0.05, 0.1) is 18.8 Å². The molecule has 0 radical (unpaired) electrons. The highest BCUT2D eigenvalue weighted by atomic mass is 16.5. The molecule has 1 unspecified atom stereocenters. The van der Waals surface area contributed by atoms with Crippen LogP contribution in [0, 0.1) is 0 Å². The minimum absolute atomic E-state index is 0.242. The Morgan fingerprint density at radius 2 is 2.27 bits per heavy atom. The number of aromatic nitrogens is 1. The second-order valence-corrected chi connectivity index (χ2v) is 3.78. The first-order chi connectivity index (χ1) is 7.24. The number of pyridine rings is 1. The van der Waals surface area contributed by atoms with Crippen molar-refractivity contribution in [1.29, 1.82) is 0 Å². The maximum Gasteiger partial charge on any atom is 0.0665 e. The number of hydrogen-bond acceptors (Lipinski definition) is 3. The number of nitrogens with zero attached hydrogens (tertiary/aromatic N) is 1. The second kappa shape index (κ2) is 6.53. The van der Waals surface area contributed by atoms with Gasteiger partial charge in [0.1, 0.15) is 0 Å². The molecule has 0 spiro atoms. The van der Waals surface area contributed by atoms with Crippen LogP contribution < -0.4 is 5.32 Å². The standard InChI is InChI=1S/C12H20N2O/c1-4-14-12(9-15-10(2)3)11-6-5-7-13-8-11/h5-8,10,12,14H,4,9H2,1-3H3. The molecule has 1 rings (SSSR count). The van der Waals surface area contributed by atoms with Crippen LogP contribution in [0.2, 0.25) is 0 Å². The van der Waals surface area contributed by atoms with Crippen LogP contribution >= 0.6 is 0 Å². The number of ether oxygens (including phenoxy) is 1. The first-order valence-corrected chi connectivity index (χ1v) is 5.49. The molecular weight excluding hydrogens is 188 g/mol. The lowest BCUT2D eigenvalue weighted by atomic mass is 10.1. The van der Waals surface area contributed by atoms with Crippen molar-refractivity contribution in [2.75, 3.05) is 13.2 Å². The van der Waals surface area contributed by atoms with Crippen molar-refractivity contribution in [1.82, 2.24) is 10.3 Å². The Morgan fingerprint density at radius 1 is 1.47 bits per heavy atom. The van der Waals surface area contributed by atoms with Crippen LogP contribution in [0.5, 0.6) is 0 Å². The molecule has 0 saturated heterocycles. The van der Waals surface area contributed by atoms with E-state index in [1.54, 1.807) is 6.20 Å². The highest BCUT2D eigenvalue weighted by Crippen LogP contribution is 2.12. The van der Waals surface area contributed by atoms with Crippen LogP contribution in [0.3, 0.4) is 0 Å². The molecule has 3 heteroatoms. The van der Waals surface area contributed by atoms with Gasteiger partial charge in [-0.1, -0.05) is 13.0 Å². The Kier molecular flexibility index (Phi) is 5.29. The van der Waals surface area contributed by atoms with Gasteiger partial charge >= 0.3 is 0 Å². The molecule has 0 amide bonds. The summed E-state index contributed by atoms with van der Waals surface area (Å²) in [5.74, 6) is 0. The summed E-state index contributed by atoms with van der Waals surface area (Å²) in [6, 6.07) is 4.27. The lowest BCUT2D eigenvalue weighted by Crippen LogP contribution is -2.26. The Balaban J connectivity index is 2.57. The molecule has 1 aromatic heterocycles.